The number of rotatable bonds is 8. The number of hydrogen-bond donors (Lipinski definition) is 1. The van der Waals surface area contributed by atoms with Gasteiger partial charge in [-0.3, -0.25) is 9.59 Å². The van der Waals surface area contributed by atoms with Crippen LogP contribution in [0.2, 0.25) is 0 Å². The zero-order valence-corrected chi connectivity index (χ0v) is 15.6. The molecule has 0 aliphatic carbocycles. The van der Waals surface area contributed by atoms with E-state index in [1.165, 1.54) is 6.92 Å². The lowest BCUT2D eigenvalue weighted by Crippen LogP contribution is -2.51. The third-order valence-electron chi connectivity index (χ3n) is 3.55. The van der Waals surface area contributed by atoms with Crippen LogP contribution >= 0.6 is 12.2 Å². The Kier molecular flexibility index (Phi) is 8.40. The highest BCUT2D eigenvalue weighted by Crippen LogP contribution is 2.16. The number of esters is 1. The van der Waals surface area contributed by atoms with Crippen molar-refractivity contribution in [1.82, 2.24) is 10.2 Å². The number of nitrogens with one attached hydrogen (secondary N) is 1. The van der Waals surface area contributed by atoms with Gasteiger partial charge >= 0.3 is 5.97 Å². The molecule has 0 spiro atoms. The third kappa shape index (κ3) is 6.28. The van der Waals surface area contributed by atoms with Crippen LogP contribution < -0.4 is 5.32 Å². The van der Waals surface area contributed by atoms with E-state index in [2.05, 4.69) is 5.32 Å². The predicted molar refractivity (Wildman–Crippen MR) is 98.5 cm³/mol. The maximum absolute atomic E-state index is 12.2. The van der Waals surface area contributed by atoms with E-state index in [1.807, 2.05) is 44.2 Å². The summed E-state index contributed by atoms with van der Waals surface area (Å²) in [4.78, 5) is 25.9. The molecule has 1 amide bonds. The van der Waals surface area contributed by atoms with E-state index in [1.54, 1.807) is 11.8 Å². The molecule has 0 heterocycles. The zero-order chi connectivity index (χ0) is 18.1. The van der Waals surface area contributed by atoms with E-state index in [0.717, 1.165) is 5.56 Å². The van der Waals surface area contributed by atoms with E-state index in [-0.39, 0.29) is 30.4 Å². The average molecular weight is 350 g/mol. The lowest BCUT2D eigenvalue weighted by Gasteiger charge is -2.34. The second-order valence-electron chi connectivity index (χ2n) is 5.84. The van der Waals surface area contributed by atoms with Gasteiger partial charge in [-0.25, -0.2) is 0 Å². The highest BCUT2D eigenvalue weighted by molar-refractivity contribution is 7.80. The van der Waals surface area contributed by atoms with Crippen LogP contribution in [0.5, 0.6) is 0 Å². The van der Waals surface area contributed by atoms with E-state index < -0.39 is 0 Å². The van der Waals surface area contributed by atoms with Crippen LogP contribution in [-0.4, -0.2) is 41.0 Å². The second-order valence-corrected chi connectivity index (χ2v) is 6.28. The van der Waals surface area contributed by atoms with Crippen LogP contribution in [0.25, 0.3) is 0 Å². The maximum atomic E-state index is 12.2. The molecule has 0 bridgehead atoms. The molecule has 1 aromatic carbocycles. The number of carbonyl (C=O) groups is 2. The summed E-state index contributed by atoms with van der Waals surface area (Å²) >= 11 is 5.45. The summed E-state index contributed by atoms with van der Waals surface area (Å²) in [5.74, 6) is -0.308. The molecule has 0 aliphatic rings. The van der Waals surface area contributed by atoms with Gasteiger partial charge in [0, 0.05) is 13.5 Å². The topological polar surface area (TPSA) is 58.6 Å². The summed E-state index contributed by atoms with van der Waals surface area (Å²) in [6, 6.07) is 9.48. The molecule has 0 aliphatic heterocycles. The van der Waals surface area contributed by atoms with Gasteiger partial charge in [0.1, 0.15) is 6.54 Å². The molecule has 132 valence electrons. The fourth-order valence-electron chi connectivity index (χ4n) is 2.47. The first-order chi connectivity index (χ1) is 11.4. The molecule has 0 radical (unpaired) electrons. The lowest BCUT2D eigenvalue weighted by molar-refractivity contribution is -0.141. The molecule has 0 saturated heterocycles. The number of carbonyl (C=O) groups excluding carboxylic acids is 2. The van der Waals surface area contributed by atoms with Gasteiger partial charge in [0.05, 0.1) is 17.6 Å². The standard InChI is InChI=1S/C18H26N2O3S/c1-5-23-16(22)11-19-18(24)17(13(2)3)20(14(4)21)12-15-9-7-6-8-10-15/h6-10,13,17H,5,11-12H2,1-4H3,(H,19,24). The highest BCUT2D eigenvalue weighted by atomic mass is 32.1. The van der Waals surface area contributed by atoms with Gasteiger partial charge in [-0.1, -0.05) is 56.4 Å². The zero-order valence-electron chi connectivity index (χ0n) is 14.7. The molecule has 5 nitrogen and oxygen atoms in total. The van der Waals surface area contributed by atoms with Gasteiger partial charge in [0.15, 0.2) is 0 Å². The summed E-state index contributed by atoms with van der Waals surface area (Å²) in [6.45, 7) is 8.10. The molecule has 1 atom stereocenters. The molecule has 1 unspecified atom stereocenters. The number of amides is 1. The van der Waals surface area contributed by atoms with Gasteiger partial charge in [0.2, 0.25) is 5.91 Å². The van der Waals surface area contributed by atoms with Crippen molar-refractivity contribution in [2.24, 2.45) is 5.92 Å². The van der Waals surface area contributed by atoms with Crippen LogP contribution in [0.15, 0.2) is 30.3 Å². The van der Waals surface area contributed by atoms with E-state index in [0.29, 0.717) is 18.1 Å². The smallest absolute Gasteiger partial charge is 0.325 e. The van der Waals surface area contributed by atoms with Gasteiger partial charge in [-0.15, -0.1) is 0 Å². The van der Waals surface area contributed by atoms with Gasteiger partial charge in [-0.2, -0.15) is 0 Å². The number of ether oxygens (including phenoxy) is 1. The highest BCUT2D eigenvalue weighted by Gasteiger charge is 2.28. The number of hydrogen-bond acceptors (Lipinski definition) is 4. The minimum absolute atomic E-state index is 0.00692. The maximum Gasteiger partial charge on any atom is 0.325 e. The van der Waals surface area contributed by atoms with Crippen molar-refractivity contribution in [2.45, 2.75) is 40.3 Å². The first-order valence-electron chi connectivity index (χ1n) is 8.11. The predicted octanol–water partition coefficient (Wildman–Crippen LogP) is 2.54. The summed E-state index contributed by atoms with van der Waals surface area (Å²) in [6.07, 6.45) is 0. The molecule has 6 heteroatoms. The van der Waals surface area contributed by atoms with Crippen molar-refractivity contribution in [2.75, 3.05) is 13.2 Å². The molecule has 1 N–H and O–H groups in total. The fraction of sp³-hybridized carbons (Fsp3) is 0.500. The van der Waals surface area contributed by atoms with E-state index in [9.17, 15) is 9.59 Å². The Hall–Kier alpha value is -1.95. The summed E-state index contributed by atoms with van der Waals surface area (Å²) in [5, 5.41) is 2.93. The number of nitrogens with zero attached hydrogens (tertiary/aromatic N) is 1. The monoisotopic (exact) mass is 350 g/mol. The van der Waals surface area contributed by atoms with Gasteiger partial charge in [0.25, 0.3) is 0 Å². The number of thiocarbonyl (C=S) groups is 1. The van der Waals surface area contributed by atoms with Crippen LogP contribution in [0.3, 0.4) is 0 Å². The molecule has 0 aromatic heterocycles. The molecular formula is C18H26N2O3S. The number of benzene rings is 1. The van der Waals surface area contributed by atoms with Crippen LogP contribution in [-0.2, 0) is 20.9 Å². The third-order valence-corrected chi connectivity index (χ3v) is 3.93. The van der Waals surface area contributed by atoms with Crippen LogP contribution in [0, 0.1) is 5.92 Å². The van der Waals surface area contributed by atoms with Crippen LogP contribution in [0.1, 0.15) is 33.3 Å². The molecule has 1 aromatic rings. The quantitative estimate of drug-likeness (QED) is 0.577. The Morgan fingerprint density at radius 1 is 1.25 bits per heavy atom. The Labute approximate surface area is 149 Å². The molecule has 24 heavy (non-hydrogen) atoms. The summed E-state index contributed by atoms with van der Waals surface area (Å²) in [5.41, 5.74) is 1.03. The van der Waals surface area contributed by atoms with E-state index >= 15 is 0 Å². The molecule has 0 saturated carbocycles. The van der Waals surface area contributed by atoms with Crippen molar-refractivity contribution >= 4 is 29.1 Å². The summed E-state index contributed by atoms with van der Waals surface area (Å²) in [7, 11) is 0. The van der Waals surface area contributed by atoms with Gasteiger partial charge < -0.3 is 15.0 Å². The van der Waals surface area contributed by atoms with Crippen molar-refractivity contribution in [3.63, 3.8) is 0 Å². The first-order valence-corrected chi connectivity index (χ1v) is 8.52. The molecule has 0 fully saturated rings. The summed E-state index contributed by atoms with van der Waals surface area (Å²) < 4.78 is 4.89. The van der Waals surface area contributed by atoms with Gasteiger partial charge in [-0.05, 0) is 18.4 Å². The Morgan fingerprint density at radius 2 is 1.88 bits per heavy atom. The average Bonchev–Trinajstić information content (AvgIpc) is 2.53. The normalized spacial score (nSPS) is 11.7. The Balaban J connectivity index is 2.86. The van der Waals surface area contributed by atoms with Crippen molar-refractivity contribution in [3.8, 4) is 0 Å². The van der Waals surface area contributed by atoms with Crippen molar-refractivity contribution < 1.29 is 14.3 Å². The van der Waals surface area contributed by atoms with Crippen LogP contribution in [0.4, 0.5) is 0 Å². The lowest BCUT2D eigenvalue weighted by atomic mass is 10.0. The Bertz CT molecular complexity index is 561. The Morgan fingerprint density at radius 3 is 2.38 bits per heavy atom. The van der Waals surface area contributed by atoms with E-state index in [4.69, 9.17) is 17.0 Å². The first kappa shape index (κ1) is 20.1. The molecular weight excluding hydrogens is 324 g/mol. The minimum Gasteiger partial charge on any atom is -0.465 e. The van der Waals surface area contributed by atoms with Crippen molar-refractivity contribution in [3.05, 3.63) is 35.9 Å². The van der Waals surface area contributed by atoms with Crippen molar-refractivity contribution in [1.29, 1.82) is 0 Å². The SMILES string of the molecule is CCOC(=O)CNC(=S)C(C(C)C)N(Cc1ccccc1)C(C)=O. The largest absolute Gasteiger partial charge is 0.465 e. The fourth-order valence-corrected chi connectivity index (χ4v) is 2.94. The second kappa shape index (κ2) is 10.0. The minimum atomic E-state index is -0.361. The molecule has 1 rings (SSSR count).